The first kappa shape index (κ1) is 13.6. The van der Waals surface area contributed by atoms with Gasteiger partial charge in [-0.3, -0.25) is 4.98 Å². The highest BCUT2D eigenvalue weighted by Gasteiger charge is 2.09. The molecule has 100 valence electrons. The van der Waals surface area contributed by atoms with Gasteiger partial charge in [-0.25, -0.2) is 0 Å². The van der Waals surface area contributed by atoms with Crippen molar-refractivity contribution in [3.63, 3.8) is 0 Å². The van der Waals surface area contributed by atoms with Crippen LogP contribution in [0.25, 0.3) is 11.3 Å². The van der Waals surface area contributed by atoms with Crippen LogP contribution in [0.5, 0.6) is 5.75 Å². The molecule has 0 saturated carbocycles. The highest BCUT2D eigenvalue weighted by molar-refractivity contribution is 5.66. The molecule has 0 bridgehead atoms. The van der Waals surface area contributed by atoms with Gasteiger partial charge in [-0.05, 0) is 38.5 Å². The van der Waals surface area contributed by atoms with Gasteiger partial charge in [0.25, 0.3) is 0 Å². The maximum absolute atomic E-state index is 9.52. The summed E-state index contributed by atoms with van der Waals surface area (Å²) in [7, 11) is 0. The number of hydrogen-bond donors (Lipinski definition) is 1. The minimum Gasteiger partial charge on any atom is -0.489 e. The molecule has 0 aliphatic carbocycles. The smallest absolute Gasteiger partial charge is 0.145 e. The minimum absolute atomic E-state index is 0.111. The summed E-state index contributed by atoms with van der Waals surface area (Å²) in [6.45, 7) is 5.74. The zero-order valence-corrected chi connectivity index (χ0v) is 11.5. The fourth-order valence-electron chi connectivity index (χ4n) is 1.88. The summed E-state index contributed by atoms with van der Waals surface area (Å²) in [5, 5.41) is 9.52. The average molecular weight is 257 g/mol. The first-order valence-electron chi connectivity index (χ1n) is 6.48. The topological polar surface area (TPSA) is 42.4 Å². The number of pyridine rings is 1. The van der Waals surface area contributed by atoms with E-state index in [0.717, 1.165) is 22.6 Å². The molecule has 0 aliphatic heterocycles. The number of benzene rings is 1. The average Bonchev–Trinajstić information content (AvgIpc) is 2.39. The van der Waals surface area contributed by atoms with Crippen molar-refractivity contribution in [1.29, 1.82) is 0 Å². The number of aliphatic hydroxyl groups is 1. The summed E-state index contributed by atoms with van der Waals surface area (Å²) in [5.74, 6) is 0.780. The zero-order valence-electron chi connectivity index (χ0n) is 11.5. The van der Waals surface area contributed by atoms with Crippen LogP contribution in [0.15, 0.2) is 42.6 Å². The lowest BCUT2D eigenvalue weighted by Gasteiger charge is -2.13. The van der Waals surface area contributed by atoms with Gasteiger partial charge in [0, 0.05) is 11.8 Å². The van der Waals surface area contributed by atoms with Gasteiger partial charge < -0.3 is 9.84 Å². The molecule has 3 heteroatoms. The van der Waals surface area contributed by atoms with Crippen molar-refractivity contribution in [2.24, 2.45) is 0 Å². The van der Waals surface area contributed by atoms with Crippen LogP contribution in [0.2, 0.25) is 0 Å². The van der Waals surface area contributed by atoms with Gasteiger partial charge in [0.2, 0.25) is 0 Å². The van der Waals surface area contributed by atoms with Crippen LogP contribution in [-0.2, 0) is 0 Å². The van der Waals surface area contributed by atoms with Gasteiger partial charge >= 0.3 is 0 Å². The maximum atomic E-state index is 9.52. The highest BCUT2D eigenvalue weighted by atomic mass is 16.5. The molecule has 19 heavy (non-hydrogen) atoms. The van der Waals surface area contributed by atoms with Crippen LogP contribution in [0.3, 0.4) is 0 Å². The Morgan fingerprint density at radius 2 is 1.74 bits per heavy atom. The van der Waals surface area contributed by atoms with Gasteiger partial charge in [0.1, 0.15) is 11.4 Å². The molecule has 0 fully saturated rings. The van der Waals surface area contributed by atoms with E-state index in [2.05, 4.69) is 4.98 Å². The van der Waals surface area contributed by atoms with Gasteiger partial charge in [-0.2, -0.15) is 0 Å². The van der Waals surface area contributed by atoms with Crippen LogP contribution in [-0.4, -0.2) is 16.2 Å². The van der Waals surface area contributed by atoms with E-state index in [0.29, 0.717) is 0 Å². The van der Waals surface area contributed by atoms with E-state index < -0.39 is 6.10 Å². The van der Waals surface area contributed by atoms with Crippen LogP contribution >= 0.6 is 0 Å². The summed E-state index contributed by atoms with van der Waals surface area (Å²) < 4.78 is 5.77. The first-order valence-corrected chi connectivity index (χ1v) is 6.48. The molecule has 2 aromatic rings. The zero-order chi connectivity index (χ0) is 13.8. The van der Waals surface area contributed by atoms with Crippen molar-refractivity contribution in [1.82, 2.24) is 4.98 Å². The standard InChI is InChI=1S/C16H19NO2/c1-11(2)19-15-5-4-10-17-16(15)14-8-6-13(7-9-14)12(3)18/h4-12,18H,1-3H3. The highest BCUT2D eigenvalue weighted by Crippen LogP contribution is 2.29. The van der Waals surface area contributed by atoms with Gasteiger partial charge in [-0.1, -0.05) is 24.3 Å². The third kappa shape index (κ3) is 3.32. The summed E-state index contributed by atoms with van der Waals surface area (Å²) in [6, 6.07) is 11.5. The Bertz CT molecular complexity index is 533. The predicted octanol–water partition coefficient (Wildman–Crippen LogP) is 3.59. The normalized spacial score (nSPS) is 12.5. The van der Waals surface area contributed by atoms with E-state index in [-0.39, 0.29) is 6.10 Å². The third-order valence-corrected chi connectivity index (χ3v) is 2.80. The van der Waals surface area contributed by atoms with Crippen molar-refractivity contribution in [2.45, 2.75) is 33.0 Å². The predicted molar refractivity (Wildman–Crippen MR) is 76.1 cm³/mol. The largest absolute Gasteiger partial charge is 0.489 e. The minimum atomic E-state index is -0.454. The van der Waals surface area contributed by atoms with Crippen molar-refractivity contribution in [2.75, 3.05) is 0 Å². The van der Waals surface area contributed by atoms with Crippen LogP contribution in [0, 0.1) is 0 Å². The molecule has 1 atom stereocenters. The SMILES string of the molecule is CC(C)Oc1cccnc1-c1ccc(C(C)O)cc1. The fourth-order valence-corrected chi connectivity index (χ4v) is 1.88. The molecule has 0 saturated heterocycles. The molecule has 0 spiro atoms. The Labute approximate surface area is 113 Å². The molecule has 1 unspecified atom stereocenters. The Hall–Kier alpha value is -1.87. The Kier molecular flexibility index (Phi) is 4.17. The summed E-state index contributed by atoms with van der Waals surface area (Å²) in [5.41, 5.74) is 2.71. The summed E-state index contributed by atoms with van der Waals surface area (Å²) in [6.07, 6.45) is 1.41. The van der Waals surface area contributed by atoms with E-state index in [9.17, 15) is 5.11 Å². The molecule has 1 heterocycles. The molecule has 0 amide bonds. The lowest BCUT2D eigenvalue weighted by molar-refractivity contribution is 0.199. The van der Waals surface area contributed by atoms with Gasteiger partial charge in [0.15, 0.2) is 0 Å². The Morgan fingerprint density at radius 1 is 1.05 bits per heavy atom. The number of nitrogens with zero attached hydrogens (tertiary/aromatic N) is 1. The summed E-state index contributed by atoms with van der Waals surface area (Å²) in [4.78, 5) is 4.39. The van der Waals surface area contributed by atoms with Crippen LogP contribution < -0.4 is 4.74 Å². The second-order valence-electron chi connectivity index (χ2n) is 4.81. The number of rotatable bonds is 4. The quantitative estimate of drug-likeness (QED) is 0.910. The second-order valence-corrected chi connectivity index (χ2v) is 4.81. The van der Waals surface area contributed by atoms with E-state index in [1.807, 2.05) is 50.2 Å². The van der Waals surface area contributed by atoms with Gasteiger partial charge in [0.05, 0.1) is 12.2 Å². The molecule has 1 aromatic heterocycles. The molecule has 1 N–H and O–H groups in total. The second kappa shape index (κ2) is 5.85. The molecule has 1 aromatic carbocycles. The maximum Gasteiger partial charge on any atom is 0.145 e. The molecule has 0 aliphatic rings. The van der Waals surface area contributed by atoms with Crippen molar-refractivity contribution < 1.29 is 9.84 Å². The summed E-state index contributed by atoms with van der Waals surface area (Å²) >= 11 is 0. The molecule has 0 radical (unpaired) electrons. The van der Waals surface area contributed by atoms with Crippen LogP contribution in [0.1, 0.15) is 32.4 Å². The van der Waals surface area contributed by atoms with E-state index in [4.69, 9.17) is 4.74 Å². The first-order chi connectivity index (χ1) is 9.08. The number of ether oxygens (including phenoxy) is 1. The monoisotopic (exact) mass is 257 g/mol. The molecular weight excluding hydrogens is 238 g/mol. The molecule has 2 rings (SSSR count). The van der Waals surface area contributed by atoms with E-state index >= 15 is 0 Å². The molecular formula is C16H19NO2. The Balaban J connectivity index is 2.35. The molecule has 3 nitrogen and oxygen atoms in total. The lowest BCUT2D eigenvalue weighted by atomic mass is 10.1. The number of hydrogen-bond acceptors (Lipinski definition) is 3. The lowest BCUT2D eigenvalue weighted by Crippen LogP contribution is -2.07. The van der Waals surface area contributed by atoms with E-state index in [1.54, 1.807) is 13.1 Å². The van der Waals surface area contributed by atoms with Gasteiger partial charge in [-0.15, -0.1) is 0 Å². The van der Waals surface area contributed by atoms with Crippen molar-refractivity contribution >= 4 is 0 Å². The van der Waals surface area contributed by atoms with Crippen LogP contribution in [0.4, 0.5) is 0 Å². The van der Waals surface area contributed by atoms with Crippen molar-refractivity contribution in [3.8, 4) is 17.0 Å². The van der Waals surface area contributed by atoms with E-state index in [1.165, 1.54) is 0 Å². The fraction of sp³-hybridized carbons (Fsp3) is 0.312. The third-order valence-electron chi connectivity index (χ3n) is 2.80. The number of aromatic nitrogens is 1. The van der Waals surface area contributed by atoms with Crippen molar-refractivity contribution in [3.05, 3.63) is 48.2 Å². The number of aliphatic hydroxyl groups excluding tert-OH is 1. The Morgan fingerprint density at radius 3 is 2.32 bits per heavy atom.